The van der Waals surface area contributed by atoms with Crippen LogP contribution in [0.4, 0.5) is 0 Å². The molecular weight excluding hydrogens is 324 g/mol. The highest BCUT2D eigenvalue weighted by Crippen LogP contribution is 2.31. The van der Waals surface area contributed by atoms with Crippen LogP contribution in [0, 0.1) is 5.92 Å². The van der Waals surface area contributed by atoms with Gasteiger partial charge in [0.1, 0.15) is 6.04 Å². The van der Waals surface area contributed by atoms with Crippen LogP contribution in [0.5, 0.6) is 0 Å². The molecule has 1 saturated carbocycles. The lowest BCUT2D eigenvalue weighted by Gasteiger charge is -2.37. The Labute approximate surface area is 144 Å². The lowest BCUT2D eigenvalue weighted by atomic mass is 9.84. The summed E-state index contributed by atoms with van der Waals surface area (Å²) in [5.41, 5.74) is 0.921. The highest BCUT2D eigenvalue weighted by Gasteiger charge is 2.36. The van der Waals surface area contributed by atoms with Gasteiger partial charge in [0.25, 0.3) is 0 Å². The van der Waals surface area contributed by atoms with E-state index in [-0.39, 0.29) is 17.7 Å². The van der Waals surface area contributed by atoms with Crippen LogP contribution in [0.15, 0.2) is 30.0 Å². The predicted octanol–water partition coefficient (Wildman–Crippen LogP) is 1.94. The number of hydrogen-bond acceptors (Lipinski definition) is 4. The van der Waals surface area contributed by atoms with Crippen molar-refractivity contribution >= 4 is 23.2 Å². The summed E-state index contributed by atoms with van der Waals surface area (Å²) in [6.45, 7) is 1.49. The summed E-state index contributed by atoms with van der Waals surface area (Å²) in [4.78, 5) is 32.4. The van der Waals surface area contributed by atoms with Crippen LogP contribution in [0.1, 0.15) is 35.9 Å². The molecule has 0 bridgehead atoms. The molecule has 0 aromatic carbocycles. The van der Waals surface area contributed by atoms with E-state index < -0.39 is 6.04 Å². The number of hydrogen-bond donors (Lipinski definition) is 1. The topological polar surface area (TPSA) is 67.2 Å². The Hall–Kier alpha value is -2.15. The Morgan fingerprint density at radius 3 is 2.96 bits per heavy atom. The summed E-state index contributed by atoms with van der Waals surface area (Å²) in [6.07, 6.45) is 6.52. The number of imidazole rings is 1. The molecule has 1 N–H and O–H groups in total. The van der Waals surface area contributed by atoms with Crippen molar-refractivity contribution in [3.8, 4) is 0 Å². The zero-order valence-electron chi connectivity index (χ0n) is 13.4. The molecule has 7 heteroatoms. The van der Waals surface area contributed by atoms with Gasteiger partial charge < -0.3 is 14.8 Å². The quantitative estimate of drug-likeness (QED) is 0.922. The van der Waals surface area contributed by atoms with Crippen LogP contribution in [-0.4, -0.2) is 32.8 Å². The zero-order valence-corrected chi connectivity index (χ0v) is 14.2. The second kappa shape index (κ2) is 6.39. The molecular formula is C17H20N4O2S. The van der Waals surface area contributed by atoms with Crippen molar-refractivity contribution in [3.63, 3.8) is 0 Å². The van der Waals surface area contributed by atoms with E-state index in [2.05, 4.69) is 10.3 Å². The minimum Gasteiger partial charge on any atom is -0.349 e. The molecule has 0 unspecified atom stereocenters. The molecule has 2 aromatic heterocycles. The Morgan fingerprint density at radius 2 is 2.25 bits per heavy atom. The molecule has 0 radical (unpaired) electrons. The average Bonchev–Trinajstić information content (AvgIpc) is 3.20. The van der Waals surface area contributed by atoms with Crippen LogP contribution < -0.4 is 5.32 Å². The number of fused-ring (bicyclic) bond motifs is 1. The molecule has 2 aliphatic rings. The molecule has 24 heavy (non-hydrogen) atoms. The van der Waals surface area contributed by atoms with E-state index in [0.717, 1.165) is 29.8 Å². The van der Waals surface area contributed by atoms with Crippen LogP contribution in [0.2, 0.25) is 0 Å². The first kappa shape index (κ1) is 15.4. The van der Waals surface area contributed by atoms with Crippen LogP contribution >= 0.6 is 11.3 Å². The number of nitrogens with zero attached hydrogens (tertiary/aromatic N) is 3. The minimum atomic E-state index is -0.403. The molecule has 126 valence electrons. The van der Waals surface area contributed by atoms with Gasteiger partial charge in [0.15, 0.2) is 0 Å². The largest absolute Gasteiger partial charge is 0.349 e. The van der Waals surface area contributed by atoms with Gasteiger partial charge in [0.05, 0.1) is 31.7 Å². The number of nitrogens with one attached hydrogen (secondary N) is 1. The van der Waals surface area contributed by atoms with Gasteiger partial charge in [-0.15, -0.1) is 11.3 Å². The fourth-order valence-electron chi connectivity index (χ4n) is 3.29. The van der Waals surface area contributed by atoms with Gasteiger partial charge >= 0.3 is 0 Å². The fraction of sp³-hybridized carbons (Fsp3) is 0.471. The predicted molar refractivity (Wildman–Crippen MR) is 90.2 cm³/mol. The van der Waals surface area contributed by atoms with E-state index in [4.69, 9.17) is 0 Å². The molecule has 0 spiro atoms. The van der Waals surface area contributed by atoms with Gasteiger partial charge in [0.2, 0.25) is 11.8 Å². The maximum atomic E-state index is 12.7. The van der Waals surface area contributed by atoms with Crippen molar-refractivity contribution in [2.75, 3.05) is 6.54 Å². The first-order valence-electron chi connectivity index (χ1n) is 8.32. The van der Waals surface area contributed by atoms with E-state index in [1.54, 1.807) is 23.9 Å². The fourth-order valence-corrected chi connectivity index (χ4v) is 3.93. The van der Waals surface area contributed by atoms with Crippen molar-refractivity contribution in [1.29, 1.82) is 0 Å². The minimum absolute atomic E-state index is 0.0613. The first-order chi connectivity index (χ1) is 11.7. The Kier molecular flexibility index (Phi) is 4.10. The van der Waals surface area contributed by atoms with Gasteiger partial charge in [-0.2, -0.15) is 0 Å². The van der Waals surface area contributed by atoms with Gasteiger partial charge in [-0.25, -0.2) is 4.98 Å². The van der Waals surface area contributed by atoms with Crippen LogP contribution in [0.3, 0.4) is 0 Å². The number of carbonyl (C=O) groups excluding carboxylic acids is 2. The summed E-state index contributed by atoms with van der Waals surface area (Å²) in [5, 5.41) is 4.98. The normalized spacial score (nSPS) is 20.3. The van der Waals surface area contributed by atoms with Gasteiger partial charge in [-0.05, 0) is 24.3 Å². The van der Waals surface area contributed by atoms with Crippen molar-refractivity contribution < 1.29 is 9.59 Å². The molecule has 1 fully saturated rings. The summed E-state index contributed by atoms with van der Waals surface area (Å²) in [7, 11) is 0. The molecule has 1 atom stereocenters. The highest BCUT2D eigenvalue weighted by atomic mass is 32.1. The smallest absolute Gasteiger partial charge is 0.245 e. The number of carbonyl (C=O) groups is 2. The molecule has 3 heterocycles. The van der Waals surface area contributed by atoms with Crippen LogP contribution in [0.25, 0.3) is 0 Å². The SMILES string of the molecule is O=C(NCc1cccs1)[C@H]1CN(C(=O)C2CCC2)Cc2cncn21. The summed E-state index contributed by atoms with van der Waals surface area (Å²) < 4.78 is 1.90. The van der Waals surface area contributed by atoms with Crippen molar-refractivity contribution in [2.45, 2.75) is 38.4 Å². The molecule has 4 rings (SSSR count). The maximum Gasteiger partial charge on any atom is 0.245 e. The van der Waals surface area contributed by atoms with E-state index >= 15 is 0 Å². The van der Waals surface area contributed by atoms with Crippen LogP contribution in [-0.2, 0) is 22.7 Å². The Balaban J connectivity index is 1.48. The molecule has 1 aliphatic carbocycles. The molecule has 6 nitrogen and oxygen atoms in total. The summed E-state index contributed by atoms with van der Waals surface area (Å²) in [5.74, 6) is 0.271. The number of amides is 2. The standard InChI is InChI=1S/C17H20N4O2S/c22-16(19-8-14-5-2-6-24-14)15-10-20(17(23)12-3-1-4-12)9-13-7-18-11-21(13)15/h2,5-7,11-12,15H,1,3-4,8-10H2,(H,19,22)/t15-/m1/s1. The Bertz CT molecular complexity index is 736. The maximum absolute atomic E-state index is 12.7. The van der Waals surface area contributed by atoms with E-state index in [9.17, 15) is 9.59 Å². The first-order valence-corrected chi connectivity index (χ1v) is 9.20. The second-order valence-corrected chi connectivity index (χ2v) is 7.48. The zero-order chi connectivity index (χ0) is 16.5. The Morgan fingerprint density at radius 1 is 1.38 bits per heavy atom. The summed E-state index contributed by atoms with van der Waals surface area (Å²) >= 11 is 1.62. The lowest BCUT2D eigenvalue weighted by Crippen LogP contribution is -2.48. The van der Waals surface area contributed by atoms with Gasteiger partial charge in [-0.3, -0.25) is 9.59 Å². The van der Waals surface area contributed by atoms with Crippen molar-refractivity contribution in [1.82, 2.24) is 19.8 Å². The van der Waals surface area contributed by atoms with Gasteiger partial charge in [0, 0.05) is 17.0 Å². The number of thiophene rings is 1. The molecule has 2 aromatic rings. The number of aromatic nitrogens is 2. The third-order valence-electron chi connectivity index (χ3n) is 4.91. The third kappa shape index (κ3) is 2.84. The van der Waals surface area contributed by atoms with Crippen molar-refractivity contribution in [3.05, 3.63) is 40.6 Å². The molecule has 0 saturated heterocycles. The third-order valence-corrected chi connectivity index (χ3v) is 5.79. The van der Waals surface area contributed by atoms with Crippen molar-refractivity contribution in [2.24, 2.45) is 5.92 Å². The second-order valence-electron chi connectivity index (χ2n) is 6.45. The lowest BCUT2D eigenvalue weighted by molar-refractivity contribution is -0.141. The molecule has 1 aliphatic heterocycles. The van der Waals surface area contributed by atoms with E-state index in [1.807, 2.05) is 27.0 Å². The average molecular weight is 344 g/mol. The van der Waals surface area contributed by atoms with Gasteiger partial charge in [-0.1, -0.05) is 12.5 Å². The number of rotatable bonds is 4. The molecule has 2 amide bonds. The van der Waals surface area contributed by atoms with E-state index in [1.165, 1.54) is 0 Å². The highest BCUT2D eigenvalue weighted by molar-refractivity contribution is 7.09. The van der Waals surface area contributed by atoms with E-state index in [0.29, 0.717) is 19.6 Å². The summed E-state index contributed by atoms with van der Waals surface area (Å²) in [6, 6.07) is 3.57. The monoisotopic (exact) mass is 344 g/mol.